The van der Waals surface area contributed by atoms with Gasteiger partial charge in [0.2, 0.25) is 0 Å². The number of nitrogens with zero attached hydrogens (tertiary/aromatic N) is 1. The van der Waals surface area contributed by atoms with Crippen LogP contribution >= 0.6 is 15.9 Å². The summed E-state index contributed by atoms with van der Waals surface area (Å²) in [4.78, 5) is 13.7. The molecule has 1 fully saturated rings. The Hall–Kier alpha value is -1.03. The number of benzene rings is 1. The zero-order chi connectivity index (χ0) is 14.1. The average Bonchev–Trinajstić information content (AvgIpc) is 2.27. The van der Waals surface area contributed by atoms with E-state index in [0.717, 1.165) is 5.33 Å². The molecule has 1 aliphatic heterocycles. The first-order valence-electron chi connectivity index (χ1n) is 6.46. The second-order valence-electron chi connectivity index (χ2n) is 6.12. The molecule has 1 aliphatic rings. The van der Waals surface area contributed by atoms with Crippen molar-refractivity contribution in [1.82, 2.24) is 4.90 Å². The first-order valence-corrected chi connectivity index (χ1v) is 7.58. The van der Waals surface area contributed by atoms with E-state index < -0.39 is 5.60 Å². The molecule has 0 radical (unpaired) electrons. The topological polar surface area (TPSA) is 29.5 Å². The highest BCUT2D eigenvalue weighted by Gasteiger charge is 2.46. The first-order chi connectivity index (χ1) is 8.86. The van der Waals surface area contributed by atoms with E-state index in [9.17, 15) is 4.79 Å². The van der Waals surface area contributed by atoms with Crippen LogP contribution in [0.1, 0.15) is 26.3 Å². The molecule has 0 N–H and O–H groups in total. The Labute approximate surface area is 123 Å². The second-order valence-corrected chi connectivity index (χ2v) is 6.68. The SMILES string of the molecule is CC(C)(C)OC(=O)N1CC(CBr)(c2ccccc2)C1. The van der Waals surface area contributed by atoms with Crippen molar-refractivity contribution >= 4 is 22.0 Å². The second kappa shape index (κ2) is 5.16. The van der Waals surface area contributed by atoms with Gasteiger partial charge < -0.3 is 9.64 Å². The summed E-state index contributed by atoms with van der Waals surface area (Å²) in [6, 6.07) is 10.3. The van der Waals surface area contributed by atoms with Gasteiger partial charge in [0.1, 0.15) is 5.60 Å². The number of carbonyl (C=O) groups excluding carboxylic acids is 1. The smallest absolute Gasteiger partial charge is 0.410 e. The maximum absolute atomic E-state index is 12.0. The van der Waals surface area contributed by atoms with Gasteiger partial charge in [0.05, 0.1) is 0 Å². The van der Waals surface area contributed by atoms with Crippen LogP contribution in [0.3, 0.4) is 0 Å². The molecule has 19 heavy (non-hydrogen) atoms. The molecule has 0 spiro atoms. The van der Waals surface area contributed by atoms with Crippen LogP contribution in [-0.2, 0) is 10.2 Å². The van der Waals surface area contributed by atoms with E-state index >= 15 is 0 Å². The van der Waals surface area contributed by atoms with Gasteiger partial charge in [-0.25, -0.2) is 4.79 Å². The van der Waals surface area contributed by atoms with Gasteiger partial charge >= 0.3 is 6.09 Å². The van der Waals surface area contributed by atoms with Crippen LogP contribution in [-0.4, -0.2) is 35.0 Å². The molecule has 0 aromatic heterocycles. The quantitative estimate of drug-likeness (QED) is 0.778. The molecule has 2 rings (SSSR count). The third kappa shape index (κ3) is 3.11. The molecular formula is C15H20BrNO2. The van der Waals surface area contributed by atoms with Crippen LogP contribution < -0.4 is 0 Å². The van der Waals surface area contributed by atoms with Crippen molar-refractivity contribution in [3.8, 4) is 0 Å². The van der Waals surface area contributed by atoms with Gasteiger partial charge in [0.25, 0.3) is 0 Å². The highest BCUT2D eigenvalue weighted by Crippen LogP contribution is 2.36. The number of rotatable bonds is 2. The van der Waals surface area contributed by atoms with E-state index in [1.807, 2.05) is 39.0 Å². The van der Waals surface area contributed by atoms with E-state index in [1.54, 1.807) is 4.90 Å². The predicted octanol–water partition coefficient (Wildman–Crippen LogP) is 3.57. The average molecular weight is 326 g/mol. The Bertz CT molecular complexity index is 447. The standard InChI is InChI=1S/C15H20BrNO2/c1-14(2,3)19-13(18)17-10-15(9-16,11-17)12-7-5-4-6-8-12/h4-8H,9-11H2,1-3H3. The number of hydrogen-bond acceptors (Lipinski definition) is 2. The highest BCUT2D eigenvalue weighted by molar-refractivity contribution is 9.09. The monoisotopic (exact) mass is 325 g/mol. The van der Waals surface area contributed by atoms with Crippen molar-refractivity contribution in [2.45, 2.75) is 31.8 Å². The third-order valence-corrected chi connectivity index (χ3v) is 4.35. The minimum Gasteiger partial charge on any atom is -0.444 e. The van der Waals surface area contributed by atoms with Crippen LogP contribution in [0, 0.1) is 0 Å². The summed E-state index contributed by atoms with van der Waals surface area (Å²) in [6.07, 6.45) is -0.222. The van der Waals surface area contributed by atoms with Gasteiger partial charge in [0.15, 0.2) is 0 Å². The van der Waals surface area contributed by atoms with Gasteiger partial charge in [-0.3, -0.25) is 0 Å². The summed E-state index contributed by atoms with van der Waals surface area (Å²) >= 11 is 3.58. The predicted molar refractivity (Wildman–Crippen MR) is 79.7 cm³/mol. The maximum atomic E-state index is 12.0. The van der Waals surface area contributed by atoms with Crippen LogP contribution in [0.2, 0.25) is 0 Å². The Morgan fingerprint density at radius 1 is 1.32 bits per heavy atom. The highest BCUT2D eigenvalue weighted by atomic mass is 79.9. The first kappa shape index (κ1) is 14.4. The lowest BCUT2D eigenvalue weighted by Gasteiger charge is -2.49. The van der Waals surface area contributed by atoms with Crippen molar-refractivity contribution in [1.29, 1.82) is 0 Å². The fraction of sp³-hybridized carbons (Fsp3) is 0.533. The minimum atomic E-state index is -0.434. The normalized spacial score (nSPS) is 17.8. The summed E-state index contributed by atoms with van der Waals surface area (Å²) < 4.78 is 5.39. The molecule has 1 aromatic carbocycles. The zero-order valence-electron chi connectivity index (χ0n) is 11.6. The summed E-state index contributed by atoms with van der Waals surface area (Å²) in [5.41, 5.74) is 0.862. The van der Waals surface area contributed by atoms with E-state index in [-0.39, 0.29) is 11.5 Å². The molecule has 3 nitrogen and oxygen atoms in total. The Kier molecular flexibility index (Phi) is 3.90. The van der Waals surface area contributed by atoms with Gasteiger partial charge in [-0.2, -0.15) is 0 Å². The molecule has 0 aliphatic carbocycles. The molecule has 0 unspecified atom stereocenters. The Morgan fingerprint density at radius 3 is 2.37 bits per heavy atom. The number of halogens is 1. The van der Waals surface area contributed by atoms with Crippen molar-refractivity contribution in [2.75, 3.05) is 18.4 Å². The lowest BCUT2D eigenvalue weighted by atomic mass is 9.76. The fourth-order valence-electron chi connectivity index (χ4n) is 2.28. The van der Waals surface area contributed by atoms with E-state index in [1.165, 1.54) is 5.56 Å². The van der Waals surface area contributed by atoms with Gasteiger partial charge in [0, 0.05) is 23.8 Å². The summed E-state index contributed by atoms with van der Waals surface area (Å²) in [7, 11) is 0. The van der Waals surface area contributed by atoms with Crippen LogP contribution in [0.4, 0.5) is 4.79 Å². The Morgan fingerprint density at radius 2 is 1.89 bits per heavy atom. The summed E-state index contributed by atoms with van der Waals surface area (Å²) in [5, 5.41) is 0.851. The molecule has 0 saturated carbocycles. The fourth-order valence-corrected chi connectivity index (χ4v) is 2.95. The van der Waals surface area contributed by atoms with Gasteiger partial charge in [-0.05, 0) is 26.3 Å². The molecule has 1 amide bonds. The van der Waals surface area contributed by atoms with Crippen LogP contribution in [0.5, 0.6) is 0 Å². The maximum Gasteiger partial charge on any atom is 0.410 e. The third-order valence-electron chi connectivity index (χ3n) is 3.28. The molecule has 1 saturated heterocycles. The van der Waals surface area contributed by atoms with E-state index in [2.05, 4.69) is 28.1 Å². The lowest BCUT2D eigenvalue weighted by molar-refractivity contribution is -0.00539. The largest absolute Gasteiger partial charge is 0.444 e. The number of hydrogen-bond donors (Lipinski definition) is 0. The minimum absolute atomic E-state index is 0.0260. The molecule has 4 heteroatoms. The lowest BCUT2D eigenvalue weighted by Crippen LogP contribution is -2.62. The van der Waals surface area contributed by atoms with Crippen LogP contribution in [0.15, 0.2) is 30.3 Å². The van der Waals surface area contributed by atoms with Gasteiger partial charge in [-0.1, -0.05) is 46.3 Å². The van der Waals surface area contributed by atoms with Gasteiger partial charge in [-0.15, -0.1) is 0 Å². The molecule has 1 aromatic rings. The molecule has 104 valence electrons. The summed E-state index contributed by atoms with van der Waals surface area (Å²) in [5.74, 6) is 0. The van der Waals surface area contributed by atoms with Crippen molar-refractivity contribution < 1.29 is 9.53 Å². The number of amides is 1. The van der Waals surface area contributed by atoms with Crippen molar-refractivity contribution in [3.63, 3.8) is 0 Å². The number of ether oxygens (including phenoxy) is 1. The molecule has 0 atom stereocenters. The molecule has 1 heterocycles. The number of likely N-dealkylation sites (tertiary alicyclic amines) is 1. The number of carbonyl (C=O) groups is 1. The molecular weight excluding hydrogens is 306 g/mol. The van der Waals surface area contributed by atoms with E-state index in [0.29, 0.717) is 13.1 Å². The summed E-state index contributed by atoms with van der Waals surface area (Å²) in [6.45, 7) is 7.08. The van der Waals surface area contributed by atoms with Crippen molar-refractivity contribution in [3.05, 3.63) is 35.9 Å². The zero-order valence-corrected chi connectivity index (χ0v) is 13.2. The molecule has 0 bridgehead atoms. The van der Waals surface area contributed by atoms with Crippen molar-refractivity contribution in [2.24, 2.45) is 0 Å². The van der Waals surface area contributed by atoms with E-state index in [4.69, 9.17) is 4.74 Å². The Balaban J connectivity index is 2.02. The van der Waals surface area contributed by atoms with Crippen LogP contribution in [0.25, 0.3) is 0 Å². The number of alkyl halides is 1.